The Morgan fingerprint density at radius 1 is 1.19 bits per heavy atom. The molecule has 0 atom stereocenters. The molecule has 0 aromatic carbocycles. The molecule has 1 amide bonds. The van der Waals surface area contributed by atoms with Crippen LogP contribution in [0.1, 0.15) is 12.8 Å². The summed E-state index contributed by atoms with van der Waals surface area (Å²) in [7, 11) is -1.42. The van der Waals surface area contributed by atoms with E-state index in [1.807, 2.05) is 0 Å². The van der Waals surface area contributed by atoms with Crippen LogP contribution in [0.3, 0.4) is 0 Å². The Kier molecular flexibility index (Phi) is 6.56. The maximum atomic E-state index is 12.1. The highest BCUT2D eigenvalue weighted by atomic mass is 32.2. The number of carbonyl (C=O) groups excluding carboxylic acids is 1. The molecular weight excluding hydrogens is 298 g/mol. The Morgan fingerprint density at radius 3 is 2.24 bits per heavy atom. The van der Waals surface area contributed by atoms with Crippen LogP contribution in [0.5, 0.6) is 0 Å². The van der Waals surface area contributed by atoms with Gasteiger partial charge in [-0.15, -0.1) is 0 Å². The number of hydrogen-bond acceptors (Lipinski definition) is 5. The lowest BCUT2D eigenvalue weighted by Gasteiger charge is -2.34. The van der Waals surface area contributed by atoms with Gasteiger partial charge in [0.1, 0.15) is 0 Å². The van der Waals surface area contributed by atoms with Gasteiger partial charge in [0.25, 0.3) is 0 Å². The third-order valence-corrected chi connectivity index (χ3v) is 4.70. The summed E-state index contributed by atoms with van der Waals surface area (Å²) in [5.74, 6) is -0.896. The van der Waals surface area contributed by atoms with Crippen LogP contribution in [0.15, 0.2) is 0 Å². The third kappa shape index (κ3) is 6.40. The van der Waals surface area contributed by atoms with E-state index < -0.39 is 16.0 Å². The Hall–Kier alpha value is -1.19. The van der Waals surface area contributed by atoms with Gasteiger partial charge < -0.3 is 10.0 Å². The van der Waals surface area contributed by atoms with Gasteiger partial charge in [-0.05, 0) is 20.0 Å². The molecule has 0 aromatic rings. The molecule has 1 N–H and O–H groups in total. The van der Waals surface area contributed by atoms with Crippen LogP contribution in [0.2, 0.25) is 0 Å². The summed E-state index contributed by atoms with van der Waals surface area (Å²) in [6, 6.07) is 0. The first-order valence-corrected chi connectivity index (χ1v) is 8.68. The second kappa shape index (κ2) is 7.71. The number of nitrogens with zero attached hydrogens (tertiary/aromatic N) is 3. The van der Waals surface area contributed by atoms with Gasteiger partial charge in [0.05, 0.1) is 12.8 Å². The molecule has 0 aromatic heterocycles. The van der Waals surface area contributed by atoms with Crippen molar-refractivity contribution in [1.29, 1.82) is 0 Å². The molecule has 1 aliphatic heterocycles. The van der Waals surface area contributed by atoms with E-state index in [4.69, 9.17) is 5.11 Å². The quantitative estimate of drug-likeness (QED) is 0.638. The second-order valence-corrected chi connectivity index (χ2v) is 7.26. The average molecular weight is 321 g/mol. The van der Waals surface area contributed by atoms with E-state index in [-0.39, 0.29) is 18.9 Å². The van der Waals surface area contributed by atoms with Gasteiger partial charge >= 0.3 is 5.97 Å². The highest BCUT2D eigenvalue weighted by Gasteiger charge is 2.26. The van der Waals surface area contributed by atoms with Gasteiger partial charge in [0.15, 0.2) is 0 Å². The number of carboxylic acids is 1. The second-order valence-electron chi connectivity index (χ2n) is 5.28. The van der Waals surface area contributed by atoms with Crippen molar-refractivity contribution in [3.05, 3.63) is 0 Å². The molecule has 21 heavy (non-hydrogen) atoms. The lowest BCUT2D eigenvalue weighted by Crippen LogP contribution is -2.52. The molecule has 9 heteroatoms. The van der Waals surface area contributed by atoms with Crippen LogP contribution in [0.25, 0.3) is 0 Å². The fraction of sp³-hybridized carbons (Fsp3) is 0.833. The van der Waals surface area contributed by atoms with Crippen molar-refractivity contribution in [2.24, 2.45) is 0 Å². The number of carboxylic acid groups (broad SMARTS) is 1. The van der Waals surface area contributed by atoms with Crippen molar-refractivity contribution in [3.8, 4) is 0 Å². The largest absolute Gasteiger partial charge is 0.481 e. The van der Waals surface area contributed by atoms with E-state index >= 15 is 0 Å². The van der Waals surface area contributed by atoms with Crippen LogP contribution >= 0.6 is 0 Å². The van der Waals surface area contributed by atoms with Crippen molar-refractivity contribution in [3.63, 3.8) is 0 Å². The van der Waals surface area contributed by atoms with Crippen molar-refractivity contribution in [1.82, 2.24) is 14.1 Å². The SMILES string of the molecule is CN(CCCC(=O)O)CC(=O)N1CCN(S(C)(=O)=O)CC1. The molecule has 0 unspecified atom stereocenters. The molecule has 0 aliphatic carbocycles. The van der Waals surface area contributed by atoms with Crippen LogP contribution in [-0.2, 0) is 19.6 Å². The summed E-state index contributed by atoms with van der Waals surface area (Å²) in [5.41, 5.74) is 0. The minimum absolute atomic E-state index is 0.0547. The van der Waals surface area contributed by atoms with Crippen LogP contribution in [0.4, 0.5) is 0 Å². The number of likely N-dealkylation sites (N-methyl/N-ethyl adjacent to an activating group) is 1. The zero-order chi connectivity index (χ0) is 16.0. The Bertz CT molecular complexity index is 471. The van der Waals surface area contributed by atoms with E-state index in [2.05, 4.69) is 0 Å². The Morgan fingerprint density at radius 2 is 1.76 bits per heavy atom. The fourth-order valence-corrected chi connectivity index (χ4v) is 3.01. The number of rotatable bonds is 7. The van der Waals surface area contributed by atoms with Crippen LogP contribution < -0.4 is 0 Å². The van der Waals surface area contributed by atoms with E-state index in [1.54, 1.807) is 16.8 Å². The summed E-state index contributed by atoms with van der Waals surface area (Å²) >= 11 is 0. The molecule has 0 spiro atoms. The normalized spacial score (nSPS) is 17.2. The van der Waals surface area contributed by atoms with Crippen molar-refractivity contribution < 1.29 is 23.1 Å². The summed E-state index contributed by atoms with van der Waals surface area (Å²) < 4.78 is 24.1. The Labute approximate surface area is 125 Å². The highest BCUT2D eigenvalue weighted by molar-refractivity contribution is 7.88. The standard InChI is InChI=1S/C12H23N3O5S/c1-13(5-3-4-12(17)18)10-11(16)14-6-8-15(9-7-14)21(2,19)20/h3-10H2,1-2H3,(H,17,18). The minimum atomic E-state index is -3.19. The van der Waals surface area contributed by atoms with Gasteiger partial charge in [-0.25, -0.2) is 8.42 Å². The Balaban J connectivity index is 2.32. The molecule has 122 valence electrons. The van der Waals surface area contributed by atoms with Crippen LogP contribution in [-0.4, -0.2) is 92.1 Å². The van der Waals surface area contributed by atoms with E-state index in [0.29, 0.717) is 39.1 Å². The first kappa shape index (κ1) is 17.9. The molecule has 8 nitrogen and oxygen atoms in total. The predicted molar refractivity (Wildman–Crippen MR) is 77.4 cm³/mol. The fourth-order valence-electron chi connectivity index (χ4n) is 2.18. The number of sulfonamides is 1. The van der Waals surface area contributed by atoms with E-state index in [0.717, 1.165) is 0 Å². The number of carbonyl (C=O) groups is 2. The molecule has 1 heterocycles. The number of aliphatic carboxylic acids is 1. The monoisotopic (exact) mass is 321 g/mol. The minimum Gasteiger partial charge on any atom is -0.481 e. The topological polar surface area (TPSA) is 98.2 Å². The summed E-state index contributed by atoms with van der Waals surface area (Å²) in [4.78, 5) is 25.9. The number of hydrogen-bond donors (Lipinski definition) is 1. The lowest BCUT2D eigenvalue weighted by atomic mass is 10.3. The molecule has 1 saturated heterocycles. The molecule has 0 saturated carbocycles. The lowest BCUT2D eigenvalue weighted by molar-refractivity contribution is -0.137. The van der Waals surface area contributed by atoms with Crippen molar-refractivity contribution in [2.45, 2.75) is 12.8 Å². The molecular formula is C12H23N3O5S. The van der Waals surface area contributed by atoms with Gasteiger partial charge in [-0.3, -0.25) is 14.5 Å². The summed E-state index contributed by atoms with van der Waals surface area (Å²) in [5, 5.41) is 8.56. The maximum absolute atomic E-state index is 12.1. The predicted octanol–water partition coefficient (Wildman–Crippen LogP) is -1.11. The van der Waals surface area contributed by atoms with Crippen LogP contribution in [0, 0.1) is 0 Å². The van der Waals surface area contributed by atoms with Gasteiger partial charge in [0, 0.05) is 32.6 Å². The zero-order valence-corrected chi connectivity index (χ0v) is 13.3. The number of amides is 1. The third-order valence-electron chi connectivity index (χ3n) is 3.40. The van der Waals surface area contributed by atoms with Gasteiger partial charge in [-0.2, -0.15) is 4.31 Å². The smallest absolute Gasteiger partial charge is 0.303 e. The molecule has 0 radical (unpaired) electrons. The maximum Gasteiger partial charge on any atom is 0.303 e. The van der Waals surface area contributed by atoms with E-state index in [9.17, 15) is 18.0 Å². The number of piperazine rings is 1. The summed E-state index contributed by atoms with van der Waals surface area (Å²) in [6.45, 7) is 2.21. The molecule has 1 aliphatic rings. The molecule has 1 fully saturated rings. The first-order valence-electron chi connectivity index (χ1n) is 6.83. The van der Waals surface area contributed by atoms with Crippen molar-refractivity contribution in [2.75, 3.05) is 52.6 Å². The highest BCUT2D eigenvalue weighted by Crippen LogP contribution is 2.06. The van der Waals surface area contributed by atoms with E-state index in [1.165, 1.54) is 10.6 Å². The first-order chi connectivity index (χ1) is 9.70. The average Bonchev–Trinajstić information content (AvgIpc) is 2.37. The van der Waals surface area contributed by atoms with Crippen molar-refractivity contribution >= 4 is 21.9 Å². The summed E-state index contributed by atoms with van der Waals surface area (Å²) in [6.07, 6.45) is 1.76. The van der Waals surface area contributed by atoms with Gasteiger partial charge in [0.2, 0.25) is 15.9 Å². The van der Waals surface area contributed by atoms with Gasteiger partial charge in [-0.1, -0.05) is 0 Å². The zero-order valence-electron chi connectivity index (χ0n) is 12.5. The molecule has 1 rings (SSSR count). The molecule has 0 bridgehead atoms.